The smallest absolute Gasteiger partial charge is 0.0796 e. The molecule has 2 rings (SSSR count). The third-order valence-corrected chi connectivity index (χ3v) is 2.16. The lowest BCUT2D eigenvalue weighted by Crippen LogP contribution is -2.14. The van der Waals surface area contributed by atoms with Gasteiger partial charge in [-0.25, -0.2) is 0 Å². The Balaban J connectivity index is 2.33. The molecule has 0 amide bonds. The fourth-order valence-corrected chi connectivity index (χ4v) is 1.43. The minimum absolute atomic E-state index is 0.224. The molecule has 0 bridgehead atoms. The number of aromatic nitrogens is 1. The first-order chi connectivity index (χ1) is 5.90. The van der Waals surface area contributed by atoms with Crippen LogP contribution in [0.1, 0.15) is 11.1 Å². The van der Waals surface area contributed by atoms with E-state index in [1.807, 2.05) is 18.5 Å². The van der Waals surface area contributed by atoms with Gasteiger partial charge >= 0.3 is 0 Å². The average Bonchev–Trinajstić information content (AvgIpc) is 2.17. The molecule has 2 heteroatoms. The van der Waals surface area contributed by atoms with Crippen LogP contribution in [-0.2, 0) is 11.2 Å². The Kier molecular flexibility index (Phi) is 1.92. The van der Waals surface area contributed by atoms with E-state index in [-0.39, 0.29) is 6.10 Å². The SMILES string of the molecule is COC1C=Cc2ccncc2C1. The minimum Gasteiger partial charge on any atom is -0.377 e. The van der Waals surface area contributed by atoms with Crippen LogP contribution in [0.15, 0.2) is 24.5 Å². The summed E-state index contributed by atoms with van der Waals surface area (Å²) in [6.45, 7) is 0. The van der Waals surface area contributed by atoms with Gasteiger partial charge < -0.3 is 4.74 Å². The zero-order chi connectivity index (χ0) is 8.39. The van der Waals surface area contributed by atoms with Gasteiger partial charge in [-0.1, -0.05) is 12.2 Å². The minimum atomic E-state index is 0.224. The van der Waals surface area contributed by atoms with Crippen molar-refractivity contribution in [2.45, 2.75) is 12.5 Å². The molecule has 0 spiro atoms. The van der Waals surface area contributed by atoms with Gasteiger partial charge in [-0.2, -0.15) is 0 Å². The molecule has 0 saturated heterocycles. The first-order valence-corrected chi connectivity index (χ1v) is 4.04. The maximum Gasteiger partial charge on any atom is 0.0796 e. The Labute approximate surface area is 71.9 Å². The Bertz CT molecular complexity index is 306. The number of ether oxygens (including phenoxy) is 1. The quantitative estimate of drug-likeness (QED) is 0.625. The van der Waals surface area contributed by atoms with Crippen molar-refractivity contribution in [1.82, 2.24) is 4.98 Å². The van der Waals surface area contributed by atoms with Gasteiger partial charge in [-0.05, 0) is 17.2 Å². The summed E-state index contributed by atoms with van der Waals surface area (Å²) in [5.41, 5.74) is 2.53. The second-order valence-electron chi connectivity index (χ2n) is 2.91. The molecule has 12 heavy (non-hydrogen) atoms. The van der Waals surface area contributed by atoms with E-state index in [2.05, 4.69) is 17.1 Å². The normalized spacial score (nSPS) is 20.6. The van der Waals surface area contributed by atoms with Crippen molar-refractivity contribution < 1.29 is 4.74 Å². The van der Waals surface area contributed by atoms with Gasteiger partial charge in [-0.3, -0.25) is 4.98 Å². The number of rotatable bonds is 1. The summed E-state index contributed by atoms with van der Waals surface area (Å²) in [7, 11) is 1.73. The van der Waals surface area contributed by atoms with Crippen LogP contribution in [0.4, 0.5) is 0 Å². The zero-order valence-electron chi connectivity index (χ0n) is 7.03. The fourth-order valence-electron chi connectivity index (χ4n) is 1.43. The van der Waals surface area contributed by atoms with Crippen LogP contribution < -0.4 is 0 Å². The molecule has 1 unspecified atom stereocenters. The molecule has 62 valence electrons. The van der Waals surface area contributed by atoms with E-state index in [0.29, 0.717) is 0 Å². The molecule has 1 aromatic rings. The monoisotopic (exact) mass is 161 g/mol. The Morgan fingerprint density at radius 3 is 3.33 bits per heavy atom. The van der Waals surface area contributed by atoms with Crippen LogP contribution >= 0.6 is 0 Å². The van der Waals surface area contributed by atoms with Gasteiger partial charge in [0.2, 0.25) is 0 Å². The summed E-state index contributed by atoms with van der Waals surface area (Å²) in [5, 5.41) is 0. The van der Waals surface area contributed by atoms with E-state index in [9.17, 15) is 0 Å². The van der Waals surface area contributed by atoms with Crippen molar-refractivity contribution in [3.05, 3.63) is 35.7 Å². The molecular weight excluding hydrogens is 150 g/mol. The Morgan fingerprint density at radius 1 is 1.58 bits per heavy atom. The summed E-state index contributed by atoms with van der Waals surface area (Å²) >= 11 is 0. The number of fused-ring (bicyclic) bond motifs is 1. The highest BCUT2D eigenvalue weighted by Crippen LogP contribution is 2.18. The molecule has 2 nitrogen and oxygen atoms in total. The van der Waals surface area contributed by atoms with Gasteiger partial charge in [0.15, 0.2) is 0 Å². The predicted molar refractivity (Wildman–Crippen MR) is 47.8 cm³/mol. The van der Waals surface area contributed by atoms with Crippen LogP contribution in [0.3, 0.4) is 0 Å². The van der Waals surface area contributed by atoms with E-state index in [0.717, 1.165) is 6.42 Å². The van der Waals surface area contributed by atoms with Crippen LogP contribution in [0.5, 0.6) is 0 Å². The van der Waals surface area contributed by atoms with Crippen molar-refractivity contribution >= 4 is 6.08 Å². The first-order valence-electron chi connectivity index (χ1n) is 4.04. The molecular formula is C10H11NO. The topological polar surface area (TPSA) is 22.1 Å². The van der Waals surface area contributed by atoms with Crippen molar-refractivity contribution in [3.8, 4) is 0 Å². The van der Waals surface area contributed by atoms with Gasteiger partial charge in [0, 0.05) is 25.9 Å². The highest BCUT2D eigenvalue weighted by atomic mass is 16.5. The summed E-state index contributed by atoms with van der Waals surface area (Å²) < 4.78 is 5.23. The maximum atomic E-state index is 5.23. The molecule has 1 atom stereocenters. The van der Waals surface area contributed by atoms with Crippen molar-refractivity contribution in [2.75, 3.05) is 7.11 Å². The second kappa shape index (κ2) is 3.07. The van der Waals surface area contributed by atoms with E-state index in [4.69, 9.17) is 4.74 Å². The third-order valence-electron chi connectivity index (χ3n) is 2.16. The summed E-state index contributed by atoms with van der Waals surface area (Å²) in [6, 6.07) is 2.03. The standard InChI is InChI=1S/C10H11NO/c1-12-10-3-2-8-4-5-11-7-9(8)6-10/h2-5,7,10H,6H2,1H3. The zero-order valence-corrected chi connectivity index (χ0v) is 7.03. The molecule has 1 heterocycles. The lowest BCUT2D eigenvalue weighted by molar-refractivity contribution is 0.141. The first kappa shape index (κ1) is 7.50. The van der Waals surface area contributed by atoms with Gasteiger partial charge in [-0.15, -0.1) is 0 Å². The molecule has 0 saturated carbocycles. The highest BCUT2D eigenvalue weighted by Gasteiger charge is 2.11. The van der Waals surface area contributed by atoms with E-state index < -0.39 is 0 Å². The average molecular weight is 161 g/mol. The van der Waals surface area contributed by atoms with E-state index in [1.54, 1.807) is 7.11 Å². The summed E-state index contributed by atoms with van der Waals surface area (Å²) in [6.07, 6.45) is 9.07. The van der Waals surface area contributed by atoms with Crippen LogP contribution in [0.2, 0.25) is 0 Å². The largest absolute Gasteiger partial charge is 0.377 e. The molecule has 0 aromatic carbocycles. The van der Waals surface area contributed by atoms with Crippen LogP contribution in [0.25, 0.3) is 6.08 Å². The summed E-state index contributed by atoms with van der Waals surface area (Å²) in [4.78, 5) is 4.08. The third kappa shape index (κ3) is 1.25. The highest BCUT2D eigenvalue weighted by molar-refractivity contribution is 5.56. The maximum absolute atomic E-state index is 5.23. The number of nitrogens with zero attached hydrogens (tertiary/aromatic N) is 1. The second-order valence-corrected chi connectivity index (χ2v) is 2.91. The van der Waals surface area contributed by atoms with Crippen LogP contribution in [0, 0.1) is 0 Å². The van der Waals surface area contributed by atoms with Crippen molar-refractivity contribution in [3.63, 3.8) is 0 Å². The van der Waals surface area contributed by atoms with Gasteiger partial charge in [0.25, 0.3) is 0 Å². The molecule has 0 fully saturated rings. The van der Waals surface area contributed by atoms with E-state index >= 15 is 0 Å². The Morgan fingerprint density at radius 2 is 2.50 bits per heavy atom. The molecule has 0 N–H and O–H groups in total. The lowest BCUT2D eigenvalue weighted by Gasteiger charge is -2.16. The molecule has 1 aliphatic rings. The van der Waals surface area contributed by atoms with Crippen molar-refractivity contribution in [2.24, 2.45) is 0 Å². The van der Waals surface area contributed by atoms with Gasteiger partial charge in [0.1, 0.15) is 0 Å². The number of hydrogen-bond donors (Lipinski definition) is 0. The fraction of sp³-hybridized carbons (Fsp3) is 0.300. The summed E-state index contributed by atoms with van der Waals surface area (Å²) in [5.74, 6) is 0. The molecule has 0 radical (unpaired) electrons. The van der Waals surface area contributed by atoms with Gasteiger partial charge in [0.05, 0.1) is 6.10 Å². The number of methoxy groups -OCH3 is 1. The Hall–Kier alpha value is -1.15. The number of pyridine rings is 1. The predicted octanol–water partition coefficient (Wildman–Crippen LogP) is 1.67. The van der Waals surface area contributed by atoms with E-state index in [1.165, 1.54) is 11.1 Å². The van der Waals surface area contributed by atoms with Crippen molar-refractivity contribution in [1.29, 1.82) is 0 Å². The lowest BCUT2D eigenvalue weighted by atomic mass is 9.98. The van der Waals surface area contributed by atoms with Crippen LogP contribution in [-0.4, -0.2) is 18.2 Å². The number of hydrogen-bond acceptors (Lipinski definition) is 2. The molecule has 1 aromatic heterocycles. The molecule has 0 aliphatic heterocycles. The molecule has 1 aliphatic carbocycles.